The number of esters is 1. The van der Waals surface area contributed by atoms with Crippen molar-refractivity contribution < 1.29 is 29.3 Å². The van der Waals surface area contributed by atoms with Crippen molar-refractivity contribution in [2.45, 2.75) is 59.0 Å². The number of rotatable bonds is 12. The quantitative estimate of drug-likeness (QED) is 0.238. The molecule has 0 aromatic rings. The maximum atomic E-state index is 11.1. The van der Waals surface area contributed by atoms with Gasteiger partial charge in [-0.3, -0.25) is 0 Å². The van der Waals surface area contributed by atoms with Gasteiger partial charge in [0.05, 0.1) is 19.3 Å². The van der Waals surface area contributed by atoms with E-state index in [0.717, 1.165) is 37.9 Å². The van der Waals surface area contributed by atoms with Crippen LogP contribution in [0.1, 0.15) is 52.9 Å². The van der Waals surface area contributed by atoms with Gasteiger partial charge in [-0.2, -0.15) is 0 Å². The van der Waals surface area contributed by atoms with Crippen LogP contribution in [0.3, 0.4) is 0 Å². The summed E-state index contributed by atoms with van der Waals surface area (Å²) in [4.78, 5) is 22.0. The number of epoxide rings is 1. The molecule has 0 saturated carbocycles. The van der Waals surface area contributed by atoms with Crippen LogP contribution in [0.2, 0.25) is 0 Å². The van der Waals surface area contributed by atoms with E-state index in [1.165, 1.54) is 6.08 Å². The summed E-state index contributed by atoms with van der Waals surface area (Å²) < 4.78 is 10.4. The van der Waals surface area contributed by atoms with Crippen molar-refractivity contribution in [3.63, 3.8) is 0 Å². The monoisotopic (exact) mass is 366 g/mol. The van der Waals surface area contributed by atoms with Gasteiger partial charge in [0.1, 0.15) is 11.3 Å². The van der Waals surface area contributed by atoms with Crippen molar-refractivity contribution in [3.05, 3.63) is 23.0 Å². The predicted octanol–water partition coefficient (Wildman–Crippen LogP) is 3.06. The molecule has 2 rings (SSSR count). The van der Waals surface area contributed by atoms with Gasteiger partial charge in [0, 0.05) is 18.4 Å². The molecule has 0 aromatic heterocycles. The number of cyclic esters (lactones) is 1. The highest BCUT2D eigenvalue weighted by Gasteiger charge is 2.37. The van der Waals surface area contributed by atoms with Gasteiger partial charge < -0.3 is 19.7 Å². The van der Waals surface area contributed by atoms with E-state index in [1.807, 2.05) is 6.92 Å². The number of aliphatic hydroxyl groups is 1. The minimum absolute atomic E-state index is 0.157. The van der Waals surface area contributed by atoms with E-state index in [0.29, 0.717) is 29.6 Å². The van der Waals surface area contributed by atoms with Gasteiger partial charge in [-0.15, -0.1) is 0 Å². The summed E-state index contributed by atoms with van der Waals surface area (Å²) in [6.45, 7) is 6.76. The average molecular weight is 366 g/mol. The van der Waals surface area contributed by atoms with Gasteiger partial charge in [-0.25, -0.2) is 9.59 Å². The summed E-state index contributed by atoms with van der Waals surface area (Å²) in [7, 11) is 0. The van der Waals surface area contributed by atoms with Gasteiger partial charge in [0.25, 0.3) is 0 Å². The van der Waals surface area contributed by atoms with Gasteiger partial charge in [0.15, 0.2) is 0 Å². The number of carboxylic acids is 1. The Balaban J connectivity index is 1.74. The molecule has 2 aliphatic heterocycles. The lowest BCUT2D eigenvalue weighted by Crippen LogP contribution is -2.24. The highest BCUT2D eigenvalue weighted by atomic mass is 16.6. The van der Waals surface area contributed by atoms with Gasteiger partial charge in [-0.05, 0) is 31.6 Å². The van der Waals surface area contributed by atoms with E-state index >= 15 is 0 Å². The molecule has 26 heavy (non-hydrogen) atoms. The summed E-state index contributed by atoms with van der Waals surface area (Å²) in [5, 5.41) is 18.1. The Morgan fingerprint density at radius 2 is 2.04 bits per heavy atom. The number of hydrogen-bond donors (Lipinski definition) is 2. The second kappa shape index (κ2) is 9.33. The third-order valence-corrected chi connectivity index (χ3v) is 5.33. The lowest BCUT2D eigenvalue weighted by molar-refractivity contribution is -0.141. The molecule has 0 radical (unpaired) electrons. The maximum Gasteiger partial charge on any atom is 0.344 e. The Bertz CT molecular complexity index is 587. The second-order valence-electron chi connectivity index (χ2n) is 7.64. The van der Waals surface area contributed by atoms with Crippen LogP contribution in [0, 0.1) is 17.8 Å². The van der Waals surface area contributed by atoms with Crippen LogP contribution in [0.25, 0.3) is 0 Å². The predicted molar refractivity (Wildman–Crippen MR) is 96.2 cm³/mol. The van der Waals surface area contributed by atoms with Crippen molar-refractivity contribution >= 4 is 11.9 Å². The number of aliphatic hydroxyl groups excluding tert-OH is 1. The highest BCUT2D eigenvalue weighted by Crippen LogP contribution is 2.36. The molecule has 0 spiro atoms. The summed E-state index contributed by atoms with van der Waals surface area (Å²) in [6, 6.07) is 0. The average Bonchev–Trinajstić information content (AvgIpc) is 3.34. The van der Waals surface area contributed by atoms with Crippen LogP contribution in [0.5, 0.6) is 0 Å². The Morgan fingerprint density at radius 3 is 2.58 bits per heavy atom. The van der Waals surface area contributed by atoms with Crippen LogP contribution >= 0.6 is 0 Å². The Hall–Kier alpha value is -1.66. The molecule has 146 valence electrons. The number of carbonyl (C=O) groups is 2. The molecule has 1 saturated heterocycles. The molecular formula is C20H30O6. The first-order valence-corrected chi connectivity index (χ1v) is 9.41. The lowest BCUT2D eigenvalue weighted by atomic mass is 9.79. The van der Waals surface area contributed by atoms with Crippen LogP contribution in [-0.4, -0.2) is 41.5 Å². The number of hydrogen-bond acceptors (Lipinski definition) is 5. The zero-order valence-electron chi connectivity index (χ0n) is 15.9. The molecule has 2 heterocycles. The van der Waals surface area contributed by atoms with Crippen molar-refractivity contribution in [2.75, 3.05) is 13.2 Å². The summed E-state index contributed by atoms with van der Waals surface area (Å²) >= 11 is 0. The normalized spacial score (nSPS) is 23.2. The van der Waals surface area contributed by atoms with Crippen molar-refractivity contribution in [1.82, 2.24) is 0 Å². The molecule has 0 amide bonds. The molecule has 4 atom stereocenters. The largest absolute Gasteiger partial charge is 0.478 e. The minimum Gasteiger partial charge on any atom is -0.478 e. The number of unbranched alkanes of at least 4 members (excludes halogenated alkanes) is 1. The molecule has 2 N–H and O–H groups in total. The van der Waals surface area contributed by atoms with E-state index in [2.05, 4.69) is 13.8 Å². The van der Waals surface area contributed by atoms with Gasteiger partial charge in [0.2, 0.25) is 0 Å². The standard InChI is InChI=1S/C20H30O6/c1-12(6-4-5-7-16-15(10-21)20(24)26-16)8-13(2)19(17-11-25-17)14(3)9-18(22)23/h9,12-13,17,19,21H,4-8,10-11H2,1-3H3,(H,22,23)/b14-9+. The van der Waals surface area contributed by atoms with E-state index in [4.69, 9.17) is 19.7 Å². The Kier molecular flexibility index (Phi) is 7.41. The second-order valence-corrected chi connectivity index (χ2v) is 7.64. The fourth-order valence-corrected chi connectivity index (χ4v) is 4.00. The molecule has 6 heteroatoms. The van der Waals surface area contributed by atoms with Gasteiger partial charge in [-0.1, -0.05) is 32.3 Å². The minimum atomic E-state index is -0.901. The van der Waals surface area contributed by atoms with E-state index in [1.54, 1.807) is 0 Å². The zero-order valence-corrected chi connectivity index (χ0v) is 15.9. The fourth-order valence-electron chi connectivity index (χ4n) is 4.00. The maximum absolute atomic E-state index is 11.1. The molecule has 4 unspecified atom stereocenters. The smallest absolute Gasteiger partial charge is 0.344 e. The third-order valence-electron chi connectivity index (χ3n) is 5.33. The molecule has 2 aliphatic rings. The zero-order chi connectivity index (χ0) is 19.3. The van der Waals surface area contributed by atoms with E-state index in [-0.39, 0.29) is 18.6 Å². The van der Waals surface area contributed by atoms with Crippen molar-refractivity contribution in [1.29, 1.82) is 0 Å². The molecule has 6 nitrogen and oxygen atoms in total. The van der Waals surface area contributed by atoms with E-state index in [9.17, 15) is 9.59 Å². The summed E-state index contributed by atoms with van der Waals surface area (Å²) in [5.74, 6) is 0.395. The first-order chi connectivity index (χ1) is 12.3. The summed E-state index contributed by atoms with van der Waals surface area (Å²) in [6.07, 6.45) is 6.21. The molecule has 0 aliphatic carbocycles. The Morgan fingerprint density at radius 1 is 1.35 bits per heavy atom. The fraction of sp³-hybridized carbons (Fsp3) is 0.700. The molecule has 1 fully saturated rings. The number of aliphatic carboxylic acids is 1. The number of ether oxygens (including phenoxy) is 2. The van der Waals surface area contributed by atoms with E-state index < -0.39 is 11.9 Å². The number of carbonyl (C=O) groups excluding carboxylic acids is 1. The number of carboxylic acid groups (broad SMARTS) is 1. The van der Waals surface area contributed by atoms with Crippen LogP contribution in [0.4, 0.5) is 0 Å². The van der Waals surface area contributed by atoms with Crippen LogP contribution < -0.4 is 0 Å². The first-order valence-electron chi connectivity index (χ1n) is 9.41. The SMILES string of the molecule is C/C(=C\C(=O)O)C(C(C)CC(C)CCCCC1=C(CO)C(=O)O1)C1CO1. The molecule has 0 bridgehead atoms. The summed E-state index contributed by atoms with van der Waals surface area (Å²) in [5.41, 5.74) is 1.30. The highest BCUT2D eigenvalue weighted by molar-refractivity contribution is 5.95. The Labute approximate surface area is 154 Å². The first kappa shape index (κ1) is 20.6. The van der Waals surface area contributed by atoms with Crippen molar-refractivity contribution in [3.8, 4) is 0 Å². The lowest BCUT2D eigenvalue weighted by Gasteiger charge is -2.26. The van der Waals surface area contributed by atoms with Crippen molar-refractivity contribution in [2.24, 2.45) is 17.8 Å². The van der Waals surface area contributed by atoms with Crippen LogP contribution in [0.15, 0.2) is 23.0 Å². The van der Waals surface area contributed by atoms with Gasteiger partial charge >= 0.3 is 11.9 Å². The number of allylic oxidation sites excluding steroid dienone is 1. The molecular weight excluding hydrogens is 336 g/mol. The van der Waals surface area contributed by atoms with Crippen LogP contribution in [-0.2, 0) is 19.1 Å². The molecule has 0 aromatic carbocycles. The third kappa shape index (κ3) is 5.68. The topological polar surface area (TPSA) is 96.4 Å².